The van der Waals surface area contributed by atoms with Gasteiger partial charge in [-0.25, -0.2) is 4.98 Å². The van der Waals surface area contributed by atoms with E-state index in [9.17, 15) is 0 Å². The van der Waals surface area contributed by atoms with E-state index in [4.69, 9.17) is 15.2 Å². The van der Waals surface area contributed by atoms with Crippen LogP contribution in [0.5, 0.6) is 5.75 Å². The number of methoxy groups -OCH3 is 1. The molecule has 1 aromatic carbocycles. The molecule has 0 radical (unpaired) electrons. The Hall–Kier alpha value is -2.34. The van der Waals surface area contributed by atoms with Crippen molar-refractivity contribution in [3.63, 3.8) is 0 Å². The van der Waals surface area contributed by atoms with Crippen LogP contribution in [-0.4, -0.2) is 30.9 Å². The topological polar surface area (TPSA) is 82.3 Å². The molecular weight excluding hydrogens is 292 g/mol. The van der Waals surface area contributed by atoms with Gasteiger partial charge in [0.1, 0.15) is 11.6 Å². The zero-order valence-corrected chi connectivity index (χ0v) is 13.7. The Morgan fingerprint density at radius 2 is 1.87 bits per heavy atom. The van der Waals surface area contributed by atoms with Crippen LogP contribution in [-0.2, 0) is 17.6 Å². The molecule has 6 heteroatoms. The lowest BCUT2D eigenvalue weighted by Crippen LogP contribution is -2.04. The summed E-state index contributed by atoms with van der Waals surface area (Å²) in [5, 5.41) is 3.06. The zero-order chi connectivity index (χ0) is 16.5. The minimum Gasteiger partial charge on any atom is -0.468 e. The van der Waals surface area contributed by atoms with Crippen LogP contribution in [0.15, 0.2) is 30.5 Å². The van der Waals surface area contributed by atoms with Crippen LogP contribution in [0.2, 0.25) is 0 Å². The van der Waals surface area contributed by atoms with Crippen LogP contribution in [0.25, 0.3) is 0 Å². The monoisotopic (exact) mass is 316 g/mol. The number of ether oxygens (including phenoxy) is 2. The van der Waals surface area contributed by atoms with Crippen molar-refractivity contribution < 1.29 is 9.47 Å². The van der Waals surface area contributed by atoms with E-state index in [0.717, 1.165) is 42.8 Å². The molecule has 3 N–H and O–H groups in total. The molecule has 0 amide bonds. The maximum atomic E-state index is 5.60. The van der Waals surface area contributed by atoms with Crippen molar-refractivity contribution in [2.45, 2.75) is 25.7 Å². The maximum Gasteiger partial charge on any atom is 0.221 e. The molecule has 0 atom stereocenters. The van der Waals surface area contributed by atoms with E-state index < -0.39 is 0 Å². The summed E-state index contributed by atoms with van der Waals surface area (Å²) < 4.78 is 10.3. The summed E-state index contributed by atoms with van der Waals surface area (Å²) in [5.74, 6) is 1.94. The number of nitrogens with zero attached hydrogens (tertiary/aromatic N) is 2. The van der Waals surface area contributed by atoms with E-state index in [1.165, 1.54) is 5.56 Å². The minimum absolute atomic E-state index is 0.275. The van der Waals surface area contributed by atoms with Gasteiger partial charge in [-0.3, -0.25) is 0 Å². The molecular formula is C17H24N4O2. The molecule has 0 bridgehead atoms. The summed E-state index contributed by atoms with van der Waals surface area (Å²) in [6.45, 7) is 0.275. The fourth-order valence-corrected chi connectivity index (χ4v) is 2.34. The van der Waals surface area contributed by atoms with Crippen LogP contribution < -0.4 is 15.8 Å². The molecule has 2 aromatic rings. The van der Waals surface area contributed by atoms with Crippen LogP contribution in [0.3, 0.4) is 0 Å². The molecule has 0 aliphatic carbocycles. The van der Waals surface area contributed by atoms with Crippen LogP contribution >= 0.6 is 0 Å². The normalized spacial score (nSPS) is 10.5. The molecule has 1 heterocycles. The standard InChI is InChI=1S/C17H24N4O2/c1-19-16-14(11-20-17(18)21-16)6-4-3-5-13-7-9-15(10-8-13)23-12-22-2/h7-11H,3-6,12H2,1-2H3,(H3,18,19,20,21). The third-order valence-electron chi connectivity index (χ3n) is 3.55. The number of hydrogen-bond donors (Lipinski definition) is 2. The summed E-state index contributed by atoms with van der Waals surface area (Å²) in [6.07, 6.45) is 5.95. The molecule has 0 aliphatic heterocycles. The van der Waals surface area contributed by atoms with Crippen molar-refractivity contribution in [1.29, 1.82) is 0 Å². The molecule has 23 heavy (non-hydrogen) atoms. The summed E-state index contributed by atoms with van der Waals surface area (Å²) in [5.41, 5.74) is 8.00. The second kappa shape index (κ2) is 8.95. The quantitative estimate of drug-likeness (QED) is 0.547. The summed E-state index contributed by atoms with van der Waals surface area (Å²) in [6, 6.07) is 8.13. The van der Waals surface area contributed by atoms with Gasteiger partial charge in [0.25, 0.3) is 0 Å². The van der Waals surface area contributed by atoms with Crippen molar-refractivity contribution in [3.05, 3.63) is 41.6 Å². The molecule has 6 nitrogen and oxygen atoms in total. The van der Waals surface area contributed by atoms with Gasteiger partial charge in [-0.15, -0.1) is 0 Å². The highest BCUT2D eigenvalue weighted by Crippen LogP contribution is 2.17. The fraction of sp³-hybridized carbons (Fsp3) is 0.412. The summed E-state index contributed by atoms with van der Waals surface area (Å²) in [7, 11) is 3.46. The molecule has 0 spiro atoms. The number of aryl methyl sites for hydroxylation is 2. The van der Waals surface area contributed by atoms with E-state index >= 15 is 0 Å². The Morgan fingerprint density at radius 3 is 2.57 bits per heavy atom. The maximum absolute atomic E-state index is 5.60. The Balaban J connectivity index is 1.77. The van der Waals surface area contributed by atoms with Crippen molar-refractivity contribution in [3.8, 4) is 5.75 Å². The third-order valence-corrected chi connectivity index (χ3v) is 3.55. The van der Waals surface area contributed by atoms with E-state index in [-0.39, 0.29) is 6.79 Å². The number of hydrogen-bond acceptors (Lipinski definition) is 6. The second-order valence-electron chi connectivity index (χ2n) is 5.25. The number of benzene rings is 1. The minimum atomic E-state index is 0.275. The predicted molar refractivity (Wildman–Crippen MR) is 91.6 cm³/mol. The fourth-order valence-electron chi connectivity index (χ4n) is 2.34. The van der Waals surface area contributed by atoms with Crippen molar-refractivity contribution >= 4 is 11.8 Å². The predicted octanol–water partition coefficient (Wildman–Crippen LogP) is 2.65. The number of anilines is 2. The lowest BCUT2D eigenvalue weighted by Gasteiger charge is -2.08. The van der Waals surface area contributed by atoms with Gasteiger partial charge in [-0.1, -0.05) is 12.1 Å². The van der Waals surface area contributed by atoms with Crippen molar-refractivity contribution in [1.82, 2.24) is 9.97 Å². The number of unbranched alkanes of at least 4 members (excludes halogenated alkanes) is 1. The molecule has 0 saturated carbocycles. The molecule has 1 aromatic heterocycles. The largest absolute Gasteiger partial charge is 0.468 e. The zero-order valence-electron chi connectivity index (χ0n) is 13.7. The average Bonchev–Trinajstić information content (AvgIpc) is 2.58. The third kappa shape index (κ3) is 5.41. The highest BCUT2D eigenvalue weighted by Gasteiger charge is 2.04. The van der Waals surface area contributed by atoms with E-state index in [1.807, 2.05) is 19.2 Å². The first-order valence-corrected chi connectivity index (χ1v) is 7.72. The van der Waals surface area contributed by atoms with Gasteiger partial charge in [0, 0.05) is 25.9 Å². The lowest BCUT2D eigenvalue weighted by molar-refractivity contribution is 0.0511. The van der Waals surface area contributed by atoms with Gasteiger partial charge in [0.05, 0.1) is 0 Å². The number of aromatic nitrogens is 2. The lowest BCUT2D eigenvalue weighted by atomic mass is 10.0. The first-order valence-electron chi connectivity index (χ1n) is 7.72. The van der Waals surface area contributed by atoms with Crippen molar-refractivity contribution in [2.24, 2.45) is 0 Å². The Morgan fingerprint density at radius 1 is 1.13 bits per heavy atom. The van der Waals surface area contributed by atoms with E-state index in [2.05, 4.69) is 27.4 Å². The molecule has 0 aliphatic rings. The number of nitrogens with one attached hydrogen (secondary N) is 1. The molecule has 124 valence electrons. The van der Waals surface area contributed by atoms with Gasteiger partial charge in [0.15, 0.2) is 6.79 Å². The van der Waals surface area contributed by atoms with Gasteiger partial charge in [-0.2, -0.15) is 4.98 Å². The first kappa shape index (κ1) is 17.0. The van der Waals surface area contributed by atoms with Gasteiger partial charge in [-0.05, 0) is 43.4 Å². The highest BCUT2D eigenvalue weighted by atomic mass is 16.7. The summed E-state index contributed by atoms with van der Waals surface area (Å²) in [4.78, 5) is 8.26. The first-order chi connectivity index (χ1) is 11.2. The molecule has 0 fully saturated rings. The van der Waals surface area contributed by atoms with E-state index in [0.29, 0.717) is 5.95 Å². The Labute approximate surface area is 137 Å². The van der Waals surface area contributed by atoms with Crippen LogP contribution in [0.4, 0.5) is 11.8 Å². The second-order valence-corrected chi connectivity index (χ2v) is 5.25. The Kier molecular flexibility index (Phi) is 6.62. The SMILES string of the molecule is CNc1nc(N)ncc1CCCCc1ccc(OCOC)cc1. The molecule has 0 unspecified atom stereocenters. The summed E-state index contributed by atoms with van der Waals surface area (Å²) >= 11 is 0. The number of rotatable bonds is 9. The average molecular weight is 316 g/mol. The van der Waals surface area contributed by atoms with Gasteiger partial charge < -0.3 is 20.5 Å². The van der Waals surface area contributed by atoms with E-state index in [1.54, 1.807) is 13.3 Å². The van der Waals surface area contributed by atoms with Gasteiger partial charge >= 0.3 is 0 Å². The smallest absolute Gasteiger partial charge is 0.221 e. The highest BCUT2D eigenvalue weighted by molar-refractivity contribution is 5.45. The van der Waals surface area contributed by atoms with Crippen LogP contribution in [0, 0.1) is 0 Å². The van der Waals surface area contributed by atoms with Gasteiger partial charge in [0.2, 0.25) is 5.95 Å². The van der Waals surface area contributed by atoms with Crippen LogP contribution in [0.1, 0.15) is 24.0 Å². The Bertz CT molecular complexity index is 602. The number of nitrogen functional groups attached to an aromatic ring is 1. The molecule has 0 saturated heterocycles. The molecule has 2 rings (SSSR count). The number of nitrogens with two attached hydrogens (primary N) is 1. The van der Waals surface area contributed by atoms with Crippen molar-refractivity contribution in [2.75, 3.05) is 32.0 Å².